The average molecular weight is 262 g/mol. The first-order valence-corrected chi connectivity index (χ1v) is 6.57. The summed E-state index contributed by atoms with van der Waals surface area (Å²) in [5, 5.41) is 4.43. The molecule has 1 heterocycles. The molecule has 0 fully saturated rings. The normalized spacial score (nSPS) is 10.9. The largest absolute Gasteiger partial charge is 0.326 e. The molecule has 2 N–H and O–H groups in total. The van der Waals surface area contributed by atoms with Gasteiger partial charge in [-0.15, -0.1) is 0 Å². The van der Waals surface area contributed by atoms with Crippen molar-refractivity contribution in [1.82, 2.24) is 14.8 Å². The highest BCUT2D eigenvalue weighted by molar-refractivity contribution is 5.25. The van der Waals surface area contributed by atoms with Gasteiger partial charge in [-0.25, -0.2) is 14.1 Å². The van der Waals surface area contributed by atoms with Crippen molar-refractivity contribution in [3.05, 3.63) is 46.8 Å². The lowest BCUT2D eigenvalue weighted by Crippen LogP contribution is -2.08. The van der Waals surface area contributed by atoms with E-state index in [2.05, 4.69) is 10.1 Å². The Morgan fingerprint density at radius 1 is 1.16 bits per heavy atom. The Morgan fingerprint density at radius 3 is 2.53 bits per heavy atom. The van der Waals surface area contributed by atoms with Crippen LogP contribution in [0.5, 0.6) is 0 Å². The van der Waals surface area contributed by atoms with E-state index in [0.29, 0.717) is 13.1 Å². The molecule has 4 nitrogen and oxygen atoms in total. The van der Waals surface area contributed by atoms with Gasteiger partial charge in [0.25, 0.3) is 0 Å². The van der Waals surface area contributed by atoms with Gasteiger partial charge >= 0.3 is 0 Å². The molecule has 2 rings (SSSR count). The summed E-state index contributed by atoms with van der Waals surface area (Å²) in [6.07, 6.45) is 1.61. The molecule has 0 aliphatic carbocycles. The van der Waals surface area contributed by atoms with E-state index in [0.717, 1.165) is 35.6 Å². The van der Waals surface area contributed by atoms with Crippen molar-refractivity contribution in [2.24, 2.45) is 5.73 Å². The lowest BCUT2D eigenvalue weighted by Gasteiger charge is -2.07. The Morgan fingerprint density at radius 2 is 1.89 bits per heavy atom. The summed E-state index contributed by atoms with van der Waals surface area (Å²) < 4.78 is 15.3. The van der Waals surface area contributed by atoms with Gasteiger partial charge in [-0.1, -0.05) is 19.9 Å². The Labute approximate surface area is 112 Å². The first-order valence-electron chi connectivity index (χ1n) is 6.57. The van der Waals surface area contributed by atoms with Gasteiger partial charge in [-0.3, -0.25) is 0 Å². The zero-order valence-electron chi connectivity index (χ0n) is 11.4. The number of benzene rings is 1. The summed E-state index contributed by atoms with van der Waals surface area (Å²) in [7, 11) is 0. The molecule has 0 spiro atoms. The number of nitrogens with two attached hydrogens (primary N) is 1. The number of rotatable bonds is 5. The van der Waals surface area contributed by atoms with Gasteiger partial charge in [0.15, 0.2) is 5.82 Å². The average Bonchev–Trinajstić information content (AvgIpc) is 2.80. The highest BCUT2D eigenvalue weighted by atomic mass is 19.1. The van der Waals surface area contributed by atoms with Gasteiger partial charge in [0.1, 0.15) is 11.6 Å². The summed E-state index contributed by atoms with van der Waals surface area (Å²) in [6, 6.07) is 4.89. The number of hydrogen-bond acceptors (Lipinski definition) is 3. The fraction of sp³-hybridized carbons (Fsp3) is 0.429. The molecule has 2 aromatic rings. The molecule has 0 aliphatic rings. The zero-order chi connectivity index (χ0) is 13.8. The fourth-order valence-electron chi connectivity index (χ4n) is 2.06. The van der Waals surface area contributed by atoms with E-state index in [9.17, 15) is 4.39 Å². The van der Waals surface area contributed by atoms with Crippen LogP contribution in [0, 0.1) is 5.82 Å². The maximum atomic E-state index is 13.5. The van der Waals surface area contributed by atoms with Crippen LogP contribution in [0.2, 0.25) is 0 Å². The van der Waals surface area contributed by atoms with Gasteiger partial charge in [0.2, 0.25) is 0 Å². The first kappa shape index (κ1) is 13.7. The molecule has 0 unspecified atom stereocenters. The molecule has 0 bridgehead atoms. The maximum Gasteiger partial charge on any atom is 0.150 e. The molecule has 5 heteroatoms. The predicted octanol–water partition coefficient (Wildman–Crippen LogP) is 2.05. The quantitative estimate of drug-likeness (QED) is 0.897. The van der Waals surface area contributed by atoms with Crippen LogP contribution in [0.3, 0.4) is 0 Å². The van der Waals surface area contributed by atoms with E-state index in [-0.39, 0.29) is 5.82 Å². The number of halogens is 1. The first-order chi connectivity index (χ1) is 9.16. The summed E-state index contributed by atoms with van der Waals surface area (Å²) in [5.74, 6) is 1.49. The Hall–Kier alpha value is -1.75. The highest BCUT2D eigenvalue weighted by Gasteiger charge is 2.08. The predicted molar refractivity (Wildman–Crippen MR) is 72.2 cm³/mol. The third-order valence-corrected chi connectivity index (χ3v) is 3.01. The highest BCUT2D eigenvalue weighted by Crippen LogP contribution is 2.12. The Kier molecular flexibility index (Phi) is 4.27. The molecular weight excluding hydrogens is 243 g/mol. The second-order valence-corrected chi connectivity index (χ2v) is 4.48. The lowest BCUT2D eigenvalue weighted by molar-refractivity contribution is 0.608. The topological polar surface area (TPSA) is 56.7 Å². The number of nitrogens with zero attached hydrogens (tertiary/aromatic N) is 3. The molecule has 1 aromatic carbocycles. The van der Waals surface area contributed by atoms with Crippen LogP contribution in [-0.4, -0.2) is 14.8 Å². The fourth-order valence-corrected chi connectivity index (χ4v) is 2.06. The van der Waals surface area contributed by atoms with Crippen molar-refractivity contribution in [2.45, 2.75) is 39.8 Å². The van der Waals surface area contributed by atoms with Crippen molar-refractivity contribution in [2.75, 3.05) is 0 Å². The molecule has 0 atom stereocenters. The molecular formula is C14H19FN4. The zero-order valence-corrected chi connectivity index (χ0v) is 11.4. The standard InChI is InChI=1S/C14H19FN4/c1-3-13-17-14(4-2)19(18-13)9-11-5-10(8-16)6-12(15)7-11/h5-7H,3-4,8-9,16H2,1-2H3. The monoisotopic (exact) mass is 262 g/mol. The van der Waals surface area contributed by atoms with Gasteiger partial charge in [0, 0.05) is 19.4 Å². The van der Waals surface area contributed by atoms with Crippen molar-refractivity contribution in [3.63, 3.8) is 0 Å². The molecule has 1 aromatic heterocycles. The van der Waals surface area contributed by atoms with Crippen LogP contribution >= 0.6 is 0 Å². The molecule has 0 amide bonds. The lowest BCUT2D eigenvalue weighted by atomic mass is 10.1. The van der Waals surface area contributed by atoms with Crippen LogP contribution in [0.25, 0.3) is 0 Å². The third kappa shape index (κ3) is 3.17. The summed E-state index contributed by atoms with van der Waals surface area (Å²) in [5.41, 5.74) is 7.22. The summed E-state index contributed by atoms with van der Waals surface area (Å²) in [6.45, 7) is 4.93. The van der Waals surface area contributed by atoms with E-state index < -0.39 is 0 Å². The van der Waals surface area contributed by atoms with Gasteiger partial charge in [-0.05, 0) is 23.3 Å². The minimum Gasteiger partial charge on any atom is -0.326 e. The van der Waals surface area contributed by atoms with Crippen LogP contribution in [0.1, 0.15) is 36.6 Å². The van der Waals surface area contributed by atoms with Gasteiger partial charge in [0.05, 0.1) is 6.54 Å². The minimum absolute atomic E-state index is 0.258. The van der Waals surface area contributed by atoms with Crippen LogP contribution in [0.15, 0.2) is 18.2 Å². The summed E-state index contributed by atoms with van der Waals surface area (Å²) in [4.78, 5) is 4.44. The van der Waals surface area contributed by atoms with E-state index >= 15 is 0 Å². The van der Waals surface area contributed by atoms with Crippen molar-refractivity contribution < 1.29 is 4.39 Å². The second kappa shape index (κ2) is 5.93. The molecule has 0 saturated heterocycles. The molecule has 0 saturated carbocycles. The van der Waals surface area contributed by atoms with Crippen molar-refractivity contribution in [1.29, 1.82) is 0 Å². The van der Waals surface area contributed by atoms with Crippen LogP contribution in [-0.2, 0) is 25.9 Å². The Balaban J connectivity index is 2.29. The van der Waals surface area contributed by atoms with Crippen LogP contribution < -0.4 is 5.73 Å². The van der Waals surface area contributed by atoms with E-state index in [1.54, 1.807) is 0 Å². The van der Waals surface area contributed by atoms with E-state index in [1.165, 1.54) is 12.1 Å². The minimum atomic E-state index is -0.258. The molecule has 0 radical (unpaired) electrons. The molecule has 102 valence electrons. The summed E-state index contributed by atoms with van der Waals surface area (Å²) >= 11 is 0. The second-order valence-electron chi connectivity index (χ2n) is 4.48. The van der Waals surface area contributed by atoms with E-state index in [1.807, 2.05) is 24.6 Å². The SMILES string of the molecule is CCc1nc(CC)n(Cc2cc(F)cc(CN)c2)n1. The van der Waals surface area contributed by atoms with Crippen LogP contribution in [0.4, 0.5) is 4.39 Å². The Bertz CT molecular complexity index is 563. The molecule has 19 heavy (non-hydrogen) atoms. The number of hydrogen-bond donors (Lipinski definition) is 1. The van der Waals surface area contributed by atoms with Gasteiger partial charge < -0.3 is 5.73 Å². The number of aromatic nitrogens is 3. The van der Waals surface area contributed by atoms with Crippen molar-refractivity contribution >= 4 is 0 Å². The molecule has 0 aliphatic heterocycles. The van der Waals surface area contributed by atoms with Crippen molar-refractivity contribution in [3.8, 4) is 0 Å². The third-order valence-electron chi connectivity index (χ3n) is 3.01. The maximum absolute atomic E-state index is 13.5. The van der Waals surface area contributed by atoms with E-state index in [4.69, 9.17) is 5.73 Å². The number of aryl methyl sites for hydroxylation is 2. The van der Waals surface area contributed by atoms with Gasteiger partial charge in [-0.2, -0.15) is 5.10 Å². The smallest absolute Gasteiger partial charge is 0.150 e.